The van der Waals surface area contributed by atoms with Gasteiger partial charge in [-0.05, 0) is 18.6 Å². The standard InChI is InChI=1S/C15H20BrNO2/c1-12-8-17(9-13-4-2-3-5-14(13)16)10-15(19-12)6-7-18-11-15/h2-5,12H,6-11H2,1H3/t12-,15+/m0/s1. The fourth-order valence-corrected chi connectivity index (χ4v) is 3.54. The number of ether oxygens (including phenoxy) is 2. The van der Waals surface area contributed by atoms with Crippen molar-refractivity contribution >= 4 is 15.9 Å². The van der Waals surface area contributed by atoms with Gasteiger partial charge in [0, 0.05) is 37.1 Å². The lowest BCUT2D eigenvalue weighted by atomic mass is 9.99. The molecule has 3 rings (SSSR count). The zero-order valence-corrected chi connectivity index (χ0v) is 12.9. The van der Waals surface area contributed by atoms with Crippen molar-refractivity contribution in [1.29, 1.82) is 0 Å². The maximum absolute atomic E-state index is 6.15. The van der Waals surface area contributed by atoms with Crippen LogP contribution in [0.4, 0.5) is 0 Å². The van der Waals surface area contributed by atoms with Crippen molar-refractivity contribution in [3.05, 3.63) is 34.3 Å². The van der Waals surface area contributed by atoms with Crippen molar-refractivity contribution in [3.8, 4) is 0 Å². The molecule has 2 heterocycles. The van der Waals surface area contributed by atoms with E-state index in [4.69, 9.17) is 9.47 Å². The van der Waals surface area contributed by atoms with Crippen LogP contribution in [0.3, 0.4) is 0 Å². The van der Waals surface area contributed by atoms with E-state index in [0.717, 1.165) is 39.3 Å². The highest BCUT2D eigenvalue weighted by Crippen LogP contribution is 2.31. The Morgan fingerprint density at radius 1 is 1.42 bits per heavy atom. The molecule has 0 amide bonds. The van der Waals surface area contributed by atoms with Gasteiger partial charge in [-0.25, -0.2) is 0 Å². The molecule has 2 fully saturated rings. The summed E-state index contributed by atoms with van der Waals surface area (Å²) < 4.78 is 12.9. The van der Waals surface area contributed by atoms with Crippen LogP contribution in [0.25, 0.3) is 0 Å². The summed E-state index contributed by atoms with van der Waals surface area (Å²) in [6.07, 6.45) is 1.29. The van der Waals surface area contributed by atoms with Gasteiger partial charge in [0.25, 0.3) is 0 Å². The van der Waals surface area contributed by atoms with Gasteiger partial charge in [-0.15, -0.1) is 0 Å². The number of hydrogen-bond acceptors (Lipinski definition) is 3. The van der Waals surface area contributed by atoms with Crippen LogP contribution in [0.5, 0.6) is 0 Å². The zero-order chi connectivity index (χ0) is 13.3. The van der Waals surface area contributed by atoms with E-state index in [1.54, 1.807) is 0 Å². The monoisotopic (exact) mass is 325 g/mol. The van der Waals surface area contributed by atoms with E-state index in [1.165, 1.54) is 10.0 Å². The molecule has 0 radical (unpaired) electrons. The third kappa shape index (κ3) is 3.02. The second kappa shape index (κ2) is 5.52. The van der Waals surface area contributed by atoms with Crippen LogP contribution in [0.15, 0.2) is 28.7 Å². The van der Waals surface area contributed by atoms with Crippen molar-refractivity contribution < 1.29 is 9.47 Å². The highest BCUT2D eigenvalue weighted by molar-refractivity contribution is 9.10. The average Bonchev–Trinajstić information content (AvgIpc) is 2.79. The Morgan fingerprint density at radius 2 is 2.26 bits per heavy atom. The molecule has 0 unspecified atom stereocenters. The molecule has 3 nitrogen and oxygen atoms in total. The van der Waals surface area contributed by atoms with Gasteiger partial charge in [0.2, 0.25) is 0 Å². The minimum Gasteiger partial charge on any atom is -0.378 e. The smallest absolute Gasteiger partial charge is 0.107 e. The van der Waals surface area contributed by atoms with Crippen LogP contribution < -0.4 is 0 Å². The van der Waals surface area contributed by atoms with Gasteiger partial charge in [0.05, 0.1) is 12.7 Å². The summed E-state index contributed by atoms with van der Waals surface area (Å²) in [5.74, 6) is 0. The molecule has 2 aliphatic heterocycles. The van der Waals surface area contributed by atoms with Crippen LogP contribution in [0.1, 0.15) is 18.9 Å². The molecule has 1 aromatic carbocycles. The number of rotatable bonds is 2. The van der Waals surface area contributed by atoms with Crippen molar-refractivity contribution in [2.24, 2.45) is 0 Å². The number of halogens is 1. The molecular weight excluding hydrogens is 306 g/mol. The molecule has 0 saturated carbocycles. The average molecular weight is 326 g/mol. The largest absolute Gasteiger partial charge is 0.378 e. The van der Waals surface area contributed by atoms with Gasteiger partial charge in [0.15, 0.2) is 0 Å². The second-order valence-electron chi connectivity index (χ2n) is 5.68. The van der Waals surface area contributed by atoms with Crippen molar-refractivity contribution in [1.82, 2.24) is 4.90 Å². The molecule has 1 aromatic rings. The lowest BCUT2D eigenvalue weighted by Crippen LogP contribution is -2.55. The van der Waals surface area contributed by atoms with Crippen molar-refractivity contribution in [2.45, 2.75) is 31.6 Å². The minimum atomic E-state index is -0.0705. The van der Waals surface area contributed by atoms with Gasteiger partial charge in [-0.1, -0.05) is 34.1 Å². The first-order valence-electron chi connectivity index (χ1n) is 6.88. The molecule has 104 valence electrons. The molecular formula is C15H20BrNO2. The zero-order valence-electron chi connectivity index (χ0n) is 11.3. The topological polar surface area (TPSA) is 21.7 Å². The number of hydrogen-bond donors (Lipinski definition) is 0. The van der Waals surface area contributed by atoms with Gasteiger partial charge >= 0.3 is 0 Å². The summed E-state index contributed by atoms with van der Waals surface area (Å²) in [5.41, 5.74) is 1.27. The van der Waals surface area contributed by atoms with Crippen molar-refractivity contribution in [3.63, 3.8) is 0 Å². The fourth-order valence-electron chi connectivity index (χ4n) is 3.13. The predicted octanol–water partition coefficient (Wildman–Crippen LogP) is 2.83. The second-order valence-corrected chi connectivity index (χ2v) is 6.53. The summed E-state index contributed by atoms with van der Waals surface area (Å²) >= 11 is 3.63. The normalized spacial score (nSPS) is 32.0. The Hall–Kier alpha value is -0.420. The fraction of sp³-hybridized carbons (Fsp3) is 0.600. The van der Waals surface area contributed by atoms with Crippen LogP contribution in [0, 0.1) is 0 Å². The van der Waals surface area contributed by atoms with Crippen LogP contribution in [-0.4, -0.2) is 42.9 Å². The van der Waals surface area contributed by atoms with Gasteiger partial charge in [-0.3, -0.25) is 4.90 Å². The van der Waals surface area contributed by atoms with E-state index >= 15 is 0 Å². The van der Waals surface area contributed by atoms with Crippen LogP contribution in [0.2, 0.25) is 0 Å². The number of nitrogens with zero attached hydrogens (tertiary/aromatic N) is 1. The Balaban J connectivity index is 1.72. The third-order valence-corrected chi connectivity index (χ3v) is 4.67. The molecule has 1 spiro atoms. The van der Waals surface area contributed by atoms with Crippen LogP contribution in [-0.2, 0) is 16.0 Å². The third-order valence-electron chi connectivity index (χ3n) is 3.90. The summed E-state index contributed by atoms with van der Waals surface area (Å²) in [7, 11) is 0. The summed E-state index contributed by atoms with van der Waals surface area (Å²) in [5, 5.41) is 0. The Labute approximate surface area is 123 Å². The molecule has 2 aliphatic rings. The first-order chi connectivity index (χ1) is 9.17. The summed E-state index contributed by atoms with van der Waals surface area (Å²) in [6, 6.07) is 8.44. The summed E-state index contributed by atoms with van der Waals surface area (Å²) in [4.78, 5) is 2.49. The highest BCUT2D eigenvalue weighted by atomic mass is 79.9. The lowest BCUT2D eigenvalue weighted by molar-refractivity contribution is -0.149. The molecule has 0 N–H and O–H groups in total. The van der Waals surface area contributed by atoms with E-state index in [1.807, 2.05) is 0 Å². The van der Waals surface area contributed by atoms with E-state index < -0.39 is 0 Å². The van der Waals surface area contributed by atoms with Crippen molar-refractivity contribution in [2.75, 3.05) is 26.3 Å². The minimum absolute atomic E-state index is 0.0705. The SMILES string of the molecule is C[C@H]1CN(Cc2ccccc2Br)C[C@@]2(CCOC2)O1. The Kier molecular flexibility index (Phi) is 3.94. The molecule has 0 aromatic heterocycles. The lowest BCUT2D eigenvalue weighted by Gasteiger charge is -2.43. The molecule has 2 saturated heterocycles. The maximum atomic E-state index is 6.15. The molecule has 0 bridgehead atoms. The molecule has 4 heteroatoms. The van der Waals surface area contributed by atoms with Gasteiger partial charge in [-0.2, -0.15) is 0 Å². The van der Waals surface area contributed by atoms with E-state index in [9.17, 15) is 0 Å². The maximum Gasteiger partial charge on any atom is 0.107 e. The quantitative estimate of drug-likeness (QED) is 0.834. The van der Waals surface area contributed by atoms with E-state index in [2.05, 4.69) is 52.0 Å². The number of morpholine rings is 1. The van der Waals surface area contributed by atoms with Gasteiger partial charge in [0.1, 0.15) is 5.60 Å². The van der Waals surface area contributed by atoms with Gasteiger partial charge < -0.3 is 9.47 Å². The first-order valence-corrected chi connectivity index (χ1v) is 7.68. The molecule has 19 heavy (non-hydrogen) atoms. The highest BCUT2D eigenvalue weighted by Gasteiger charge is 2.42. The van der Waals surface area contributed by atoms with E-state index in [0.29, 0.717) is 0 Å². The Morgan fingerprint density at radius 3 is 3.00 bits per heavy atom. The Bertz CT molecular complexity index is 446. The van der Waals surface area contributed by atoms with E-state index in [-0.39, 0.29) is 11.7 Å². The number of benzene rings is 1. The molecule has 2 atom stereocenters. The summed E-state index contributed by atoms with van der Waals surface area (Å²) in [6.45, 7) is 6.66. The first kappa shape index (κ1) is 13.6. The predicted molar refractivity (Wildman–Crippen MR) is 78.1 cm³/mol. The van der Waals surface area contributed by atoms with Crippen LogP contribution >= 0.6 is 15.9 Å². The molecule has 0 aliphatic carbocycles.